The maximum absolute atomic E-state index is 12.2. The van der Waals surface area contributed by atoms with Crippen molar-refractivity contribution in [1.29, 1.82) is 0 Å². The van der Waals surface area contributed by atoms with Crippen LogP contribution in [-0.2, 0) is 4.79 Å². The van der Waals surface area contributed by atoms with Crippen molar-refractivity contribution in [2.45, 2.75) is 18.9 Å². The summed E-state index contributed by atoms with van der Waals surface area (Å²) < 4.78 is 10.7. The largest absolute Gasteiger partial charge is 0.497 e. The van der Waals surface area contributed by atoms with E-state index in [9.17, 15) is 4.79 Å². The van der Waals surface area contributed by atoms with Crippen LogP contribution in [0.2, 0.25) is 0 Å². The fourth-order valence-electron chi connectivity index (χ4n) is 3.09. The molecule has 3 rings (SSSR count). The zero-order valence-electron chi connectivity index (χ0n) is 14.5. The van der Waals surface area contributed by atoms with Crippen LogP contribution in [0.4, 0.5) is 0 Å². The monoisotopic (exact) mass is 340 g/mol. The van der Waals surface area contributed by atoms with E-state index >= 15 is 0 Å². The average molecular weight is 340 g/mol. The first kappa shape index (κ1) is 17.3. The zero-order chi connectivity index (χ0) is 17.5. The molecule has 1 aromatic heterocycles. The molecule has 1 N–H and O–H groups in total. The van der Waals surface area contributed by atoms with Crippen LogP contribution in [-0.4, -0.2) is 37.6 Å². The van der Waals surface area contributed by atoms with Crippen molar-refractivity contribution in [3.63, 3.8) is 0 Å². The number of nitrogens with one attached hydrogen (secondary N) is 1. The maximum Gasteiger partial charge on any atom is 0.244 e. The van der Waals surface area contributed by atoms with Gasteiger partial charge in [0.2, 0.25) is 5.91 Å². The number of likely N-dealkylation sites (tertiary alicyclic amines) is 1. The highest BCUT2D eigenvalue weighted by molar-refractivity contribution is 5.91. The van der Waals surface area contributed by atoms with Gasteiger partial charge in [0.15, 0.2) is 0 Å². The molecule has 5 nitrogen and oxygen atoms in total. The van der Waals surface area contributed by atoms with E-state index in [1.54, 1.807) is 25.5 Å². The average Bonchev–Trinajstić information content (AvgIpc) is 3.35. The van der Waals surface area contributed by atoms with Gasteiger partial charge in [-0.05, 0) is 61.8 Å². The molecular weight excluding hydrogens is 316 g/mol. The van der Waals surface area contributed by atoms with Crippen LogP contribution >= 0.6 is 0 Å². The number of hydrogen-bond donors (Lipinski definition) is 1. The Labute approximate surface area is 148 Å². The molecule has 0 radical (unpaired) electrons. The molecule has 1 aliphatic heterocycles. The minimum absolute atomic E-state index is 0.0934. The van der Waals surface area contributed by atoms with Crippen molar-refractivity contribution in [3.8, 4) is 5.75 Å². The van der Waals surface area contributed by atoms with Gasteiger partial charge in [0, 0.05) is 12.6 Å². The zero-order valence-corrected chi connectivity index (χ0v) is 14.5. The van der Waals surface area contributed by atoms with E-state index in [0.29, 0.717) is 6.54 Å². The summed E-state index contributed by atoms with van der Waals surface area (Å²) in [5.41, 5.74) is 0.957. The third-order valence-corrected chi connectivity index (χ3v) is 4.47. The van der Waals surface area contributed by atoms with Gasteiger partial charge in [-0.3, -0.25) is 9.69 Å². The number of benzene rings is 1. The molecular formula is C20H24N2O3. The van der Waals surface area contributed by atoms with Crippen LogP contribution in [0, 0.1) is 0 Å². The lowest BCUT2D eigenvalue weighted by molar-refractivity contribution is -0.116. The van der Waals surface area contributed by atoms with Crippen LogP contribution in [0.25, 0.3) is 6.08 Å². The highest BCUT2D eigenvalue weighted by atomic mass is 16.5. The molecule has 5 heteroatoms. The lowest BCUT2D eigenvalue weighted by atomic mass is 10.2. The summed E-state index contributed by atoms with van der Waals surface area (Å²) in [7, 11) is 1.63. The van der Waals surface area contributed by atoms with Gasteiger partial charge in [-0.15, -0.1) is 0 Å². The number of rotatable bonds is 7. The molecule has 1 aliphatic rings. The third-order valence-electron chi connectivity index (χ3n) is 4.47. The second kappa shape index (κ2) is 8.53. The van der Waals surface area contributed by atoms with Gasteiger partial charge >= 0.3 is 0 Å². The summed E-state index contributed by atoms with van der Waals surface area (Å²) in [6, 6.07) is 11.5. The van der Waals surface area contributed by atoms with E-state index in [4.69, 9.17) is 9.15 Å². The first-order valence-electron chi connectivity index (χ1n) is 8.63. The van der Waals surface area contributed by atoms with E-state index in [2.05, 4.69) is 10.2 Å². The standard InChI is InChI=1S/C20H24N2O3/c1-24-17-9-6-16(7-10-17)8-11-20(23)21-15-18(19-5-4-14-25-19)22-12-2-3-13-22/h4-11,14,18H,2-3,12-13,15H2,1H3,(H,21,23)/b11-8+/t18-/m1/s1. The highest BCUT2D eigenvalue weighted by Crippen LogP contribution is 2.24. The molecule has 1 amide bonds. The third kappa shape index (κ3) is 4.73. The quantitative estimate of drug-likeness (QED) is 0.786. The Morgan fingerprint density at radius 1 is 1.28 bits per heavy atom. The number of ether oxygens (including phenoxy) is 1. The number of furan rings is 1. The van der Waals surface area contributed by atoms with Crippen LogP contribution in [0.15, 0.2) is 53.2 Å². The molecule has 2 heterocycles. The second-order valence-corrected chi connectivity index (χ2v) is 6.13. The Morgan fingerprint density at radius 2 is 2.04 bits per heavy atom. The Bertz CT molecular complexity index is 686. The maximum atomic E-state index is 12.2. The number of hydrogen-bond acceptors (Lipinski definition) is 4. The number of nitrogens with zero attached hydrogens (tertiary/aromatic N) is 1. The van der Waals surface area contributed by atoms with Crippen molar-refractivity contribution in [1.82, 2.24) is 10.2 Å². The van der Waals surface area contributed by atoms with Gasteiger partial charge < -0.3 is 14.5 Å². The lowest BCUT2D eigenvalue weighted by Crippen LogP contribution is -2.36. The summed E-state index contributed by atoms with van der Waals surface area (Å²) in [6.07, 6.45) is 7.44. The van der Waals surface area contributed by atoms with Crippen molar-refractivity contribution >= 4 is 12.0 Å². The summed E-state index contributed by atoms with van der Waals surface area (Å²) in [6.45, 7) is 2.63. The van der Waals surface area contributed by atoms with Crippen molar-refractivity contribution in [2.24, 2.45) is 0 Å². The molecule has 0 unspecified atom stereocenters. The summed E-state index contributed by atoms with van der Waals surface area (Å²) in [5, 5.41) is 2.99. The van der Waals surface area contributed by atoms with E-state index < -0.39 is 0 Å². The first-order chi connectivity index (χ1) is 12.3. The predicted molar refractivity (Wildman–Crippen MR) is 97.3 cm³/mol. The van der Waals surface area contributed by atoms with Crippen LogP contribution in [0.1, 0.15) is 30.2 Å². The smallest absolute Gasteiger partial charge is 0.244 e. The predicted octanol–water partition coefficient (Wildman–Crippen LogP) is 3.25. The topological polar surface area (TPSA) is 54.7 Å². The van der Waals surface area contributed by atoms with Gasteiger partial charge in [-0.1, -0.05) is 12.1 Å². The summed E-state index contributed by atoms with van der Waals surface area (Å²) in [5.74, 6) is 1.60. The minimum atomic E-state index is -0.105. The number of carbonyl (C=O) groups excluding carboxylic acids is 1. The van der Waals surface area contributed by atoms with Gasteiger partial charge in [0.05, 0.1) is 19.4 Å². The molecule has 25 heavy (non-hydrogen) atoms. The number of carbonyl (C=O) groups is 1. The molecule has 1 atom stereocenters. The summed E-state index contributed by atoms with van der Waals surface area (Å²) in [4.78, 5) is 14.5. The molecule has 1 aromatic carbocycles. The fraction of sp³-hybridized carbons (Fsp3) is 0.350. The molecule has 0 spiro atoms. The molecule has 1 saturated heterocycles. The van der Waals surface area contributed by atoms with Crippen molar-refractivity contribution in [3.05, 3.63) is 60.1 Å². The van der Waals surface area contributed by atoms with Crippen LogP contribution in [0.5, 0.6) is 5.75 Å². The first-order valence-corrected chi connectivity index (χ1v) is 8.63. The molecule has 0 aliphatic carbocycles. The van der Waals surface area contributed by atoms with Gasteiger partial charge in [-0.25, -0.2) is 0 Å². The van der Waals surface area contributed by atoms with Crippen molar-refractivity contribution < 1.29 is 13.9 Å². The Kier molecular flexibility index (Phi) is 5.90. The van der Waals surface area contributed by atoms with Gasteiger partial charge in [-0.2, -0.15) is 0 Å². The molecule has 0 bridgehead atoms. The van der Waals surface area contributed by atoms with E-state index in [1.807, 2.05) is 36.4 Å². The van der Waals surface area contributed by atoms with Crippen molar-refractivity contribution in [2.75, 3.05) is 26.7 Å². The minimum Gasteiger partial charge on any atom is -0.497 e. The van der Waals surface area contributed by atoms with E-state index in [0.717, 1.165) is 30.2 Å². The van der Waals surface area contributed by atoms with Crippen LogP contribution < -0.4 is 10.1 Å². The fourth-order valence-corrected chi connectivity index (χ4v) is 3.09. The van der Waals surface area contributed by atoms with Crippen LogP contribution in [0.3, 0.4) is 0 Å². The Morgan fingerprint density at radius 3 is 2.68 bits per heavy atom. The van der Waals surface area contributed by atoms with E-state index in [-0.39, 0.29) is 11.9 Å². The molecule has 2 aromatic rings. The Balaban J connectivity index is 1.56. The number of amides is 1. The van der Waals surface area contributed by atoms with Gasteiger partial charge in [0.1, 0.15) is 11.5 Å². The Hall–Kier alpha value is -2.53. The number of methoxy groups -OCH3 is 1. The highest BCUT2D eigenvalue weighted by Gasteiger charge is 2.25. The normalized spacial score (nSPS) is 16.2. The SMILES string of the molecule is COc1ccc(/C=C/C(=O)NC[C@H](c2ccco2)N2CCCC2)cc1. The lowest BCUT2D eigenvalue weighted by Gasteiger charge is -2.25. The van der Waals surface area contributed by atoms with Gasteiger partial charge in [0.25, 0.3) is 0 Å². The molecule has 0 saturated carbocycles. The summed E-state index contributed by atoms with van der Waals surface area (Å²) >= 11 is 0. The van der Waals surface area contributed by atoms with E-state index in [1.165, 1.54) is 12.8 Å². The second-order valence-electron chi connectivity index (χ2n) is 6.13. The molecule has 132 valence electrons. The molecule has 1 fully saturated rings.